The Balaban J connectivity index is 1.97. The summed E-state index contributed by atoms with van der Waals surface area (Å²) in [6.45, 7) is 1.14. The molecule has 1 aromatic rings. The molecule has 1 aromatic carbocycles. The van der Waals surface area contributed by atoms with Gasteiger partial charge in [-0.25, -0.2) is 0 Å². The van der Waals surface area contributed by atoms with Crippen molar-refractivity contribution in [2.45, 2.75) is 25.4 Å². The molecule has 0 atom stereocenters. The van der Waals surface area contributed by atoms with E-state index in [0.29, 0.717) is 12.6 Å². The third kappa shape index (κ3) is 3.46. The molecular weight excluding hydrogens is 216 g/mol. The molecule has 0 unspecified atom stereocenters. The van der Waals surface area contributed by atoms with Gasteiger partial charge in [0.05, 0.1) is 13.7 Å². The number of carbonyl (C=O) groups excluding carboxylic acids is 1. The van der Waals surface area contributed by atoms with Gasteiger partial charge in [0.2, 0.25) is 0 Å². The van der Waals surface area contributed by atoms with Crippen LogP contribution in [0.5, 0.6) is 0 Å². The molecule has 0 spiro atoms. The normalized spacial score (nSPS) is 14.9. The Labute approximate surface area is 101 Å². The third-order valence-corrected chi connectivity index (χ3v) is 2.99. The van der Waals surface area contributed by atoms with E-state index < -0.39 is 0 Å². The first-order chi connectivity index (χ1) is 8.19. The van der Waals surface area contributed by atoms with Crippen LogP contribution < -0.4 is 5.73 Å². The van der Waals surface area contributed by atoms with Crippen LogP contribution in [-0.2, 0) is 16.1 Å². The van der Waals surface area contributed by atoms with Crippen LogP contribution in [0.3, 0.4) is 0 Å². The molecule has 17 heavy (non-hydrogen) atoms. The summed E-state index contributed by atoms with van der Waals surface area (Å²) in [6, 6.07) is 8.31. The van der Waals surface area contributed by atoms with Gasteiger partial charge in [0.25, 0.3) is 0 Å². The minimum absolute atomic E-state index is 0.174. The molecule has 1 fully saturated rings. The maximum absolute atomic E-state index is 11.3. The molecule has 0 aliphatic heterocycles. The van der Waals surface area contributed by atoms with Gasteiger partial charge in [0.15, 0.2) is 0 Å². The van der Waals surface area contributed by atoms with Gasteiger partial charge in [-0.1, -0.05) is 12.1 Å². The summed E-state index contributed by atoms with van der Waals surface area (Å²) in [4.78, 5) is 13.5. The molecule has 92 valence electrons. The van der Waals surface area contributed by atoms with Crippen molar-refractivity contribution in [3.63, 3.8) is 0 Å². The van der Waals surface area contributed by atoms with E-state index in [1.165, 1.54) is 25.5 Å². The minimum Gasteiger partial charge on any atom is -0.468 e. The smallest absolute Gasteiger partial charge is 0.319 e. The van der Waals surface area contributed by atoms with E-state index in [1.54, 1.807) is 0 Å². The fraction of sp³-hybridized carbons (Fsp3) is 0.462. The van der Waals surface area contributed by atoms with Crippen molar-refractivity contribution >= 4 is 11.7 Å². The molecule has 2 N–H and O–H groups in total. The maximum Gasteiger partial charge on any atom is 0.319 e. The van der Waals surface area contributed by atoms with Crippen LogP contribution in [0, 0.1) is 0 Å². The predicted octanol–water partition coefficient (Wildman–Crippen LogP) is 1.41. The zero-order chi connectivity index (χ0) is 12.3. The number of carbonyl (C=O) groups is 1. The Morgan fingerprint density at radius 3 is 2.59 bits per heavy atom. The van der Waals surface area contributed by atoms with Gasteiger partial charge in [0.1, 0.15) is 0 Å². The highest BCUT2D eigenvalue weighted by molar-refractivity contribution is 5.71. The molecule has 4 heteroatoms. The summed E-state index contributed by atoms with van der Waals surface area (Å²) in [5.74, 6) is -0.174. The van der Waals surface area contributed by atoms with Crippen molar-refractivity contribution in [3.05, 3.63) is 29.8 Å². The van der Waals surface area contributed by atoms with Crippen molar-refractivity contribution < 1.29 is 9.53 Å². The second-order valence-electron chi connectivity index (χ2n) is 4.45. The Bertz CT molecular complexity index is 385. The van der Waals surface area contributed by atoms with Crippen molar-refractivity contribution in [3.8, 4) is 0 Å². The Morgan fingerprint density at radius 2 is 2.06 bits per heavy atom. The van der Waals surface area contributed by atoms with Gasteiger partial charge in [-0.2, -0.15) is 0 Å². The van der Waals surface area contributed by atoms with E-state index >= 15 is 0 Å². The summed E-state index contributed by atoms with van der Waals surface area (Å²) in [5, 5.41) is 0. The fourth-order valence-corrected chi connectivity index (χ4v) is 1.84. The number of nitrogens with zero attached hydrogens (tertiary/aromatic N) is 1. The van der Waals surface area contributed by atoms with E-state index in [4.69, 9.17) is 10.5 Å². The minimum atomic E-state index is -0.174. The molecule has 0 amide bonds. The average Bonchev–Trinajstić information content (AvgIpc) is 3.15. The van der Waals surface area contributed by atoms with E-state index in [1.807, 2.05) is 24.3 Å². The lowest BCUT2D eigenvalue weighted by Gasteiger charge is -2.20. The van der Waals surface area contributed by atoms with Crippen molar-refractivity contribution in [2.24, 2.45) is 0 Å². The molecule has 1 aliphatic carbocycles. The van der Waals surface area contributed by atoms with Crippen LogP contribution in [0.4, 0.5) is 5.69 Å². The van der Waals surface area contributed by atoms with Crippen LogP contribution in [-0.4, -0.2) is 30.6 Å². The number of rotatable bonds is 5. The lowest BCUT2D eigenvalue weighted by atomic mass is 10.2. The van der Waals surface area contributed by atoms with Crippen LogP contribution in [0.15, 0.2) is 24.3 Å². The van der Waals surface area contributed by atoms with Crippen LogP contribution >= 0.6 is 0 Å². The number of esters is 1. The zero-order valence-electron chi connectivity index (χ0n) is 10.1. The number of hydrogen-bond donors (Lipinski definition) is 1. The summed E-state index contributed by atoms with van der Waals surface area (Å²) in [5.41, 5.74) is 7.58. The van der Waals surface area contributed by atoms with Crippen LogP contribution in [0.2, 0.25) is 0 Å². The van der Waals surface area contributed by atoms with Gasteiger partial charge < -0.3 is 10.5 Å². The molecule has 0 bridgehead atoms. The molecule has 4 nitrogen and oxygen atoms in total. The summed E-state index contributed by atoms with van der Waals surface area (Å²) >= 11 is 0. The number of methoxy groups -OCH3 is 1. The largest absolute Gasteiger partial charge is 0.468 e. The summed E-state index contributed by atoms with van der Waals surface area (Å²) in [7, 11) is 1.43. The second kappa shape index (κ2) is 5.19. The highest BCUT2D eigenvalue weighted by Gasteiger charge is 2.30. The molecule has 1 aliphatic rings. The van der Waals surface area contributed by atoms with Gasteiger partial charge >= 0.3 is 5.97 Å². The summed E-state index contributed by atoms with van der Waals surface area (Å²) < 4.78 is 4.71. The molecular formula is C13H18N2O2. The fourth-order valence-electron chi connectivity index (χ4n) is 1.84. The van der Waals surface area contributed by atoms with Crippen molar-refractivity contribution in [2.75, 3.05) is 19.4 Å². The lowest BCUT2D eigenvalue weighted by molar-refractivity contribution is -0.142. The first-order valence-electron chi connectivity index (χ1n) is 5.84. The van der Waals surface area contributed by atoms with Crippen LogP contribution in [0.25, 0.3) is 0 Å². The summed E-state index contributed by atoms with van der Waals surface area (Å²) in [6.07, 6.45) is 2.35. The standard InChI is InChI=1S/C13H18N2O2/c1-17-13(16)9-15(12-6-7-12)8-10-2-4-11(14)5-3-10/h2-5,12H,6-9,14H2,1H3. The van der Waals surface area contributed by atoms with Gasteiger partial charge in [-0.15, -0.1) is 0 Å². The average molecular weight is 234 g/mol. The van der Waals surface area contributed by atoms with E-state index in [2.05, 4.69) is 4.90 Å². The second-order valence-corrected chi connectivity index (χ2v) is 4.45. The van der Waals surface area contributed by atoms with Crippen molar-refractivity contribution in [1.82, 2.24) is 4.90 Å². The maximum atomic E-state index is 11.3. The number of nitrogens with two attached hydrogens (primary N) is 1. The first kappa shape index (κ1) is 11.9. The lowest BCUT2D eigenvalue weighted by Crippen LogP contribution is -2.32. The quantitative estimate of drug-likeness (QED) is 0.618. The molecule has 2 rings (SSSR count). The molecule has 0 heterocycles. The van der Waals surface area contributed by atoms with Gasteiger partial charge in [-0.05, 0) is 30.5 Å². The molecule has 1 saturated carbocycles. The first-order valence-corrected chi connectivity index (χ1v) is 5.84. The SMILES string of the molecule is COC(=O)CN(Cc1ccc(N)cc1)C1CC1. The number of benzene rings is 1. The van der Waals surface area contributed by atoms with Crippen LogP contribution in [0.1, 0.15) is 18.4 Å². The highest BCUT2D eigenvalue weighted by atomic mass is 16.5. The van der Waals surface area contributed by atoms with Crippen molar-refractivity contribution in [1.29, 1.82) is 0 Å². The highest BCUT2D eigenvalue weighted by Crippen LogP contribution is 2.28. The van der Waals surface area contributed by atoms with Gasteiger partial charge in [0, 0.05) is 18.3 Å². The number of hydrogen-bond acceptors (Lipinski definition) is 4. The predicted molar refractivity (Wildman–Crippen MR) is 66.3 cm³/mol. The number of nitrogen functional groups attached to an aromatic ring is 1. The topological polar surface area (TPSA) is 55.6 Å². The third-order valence-electron chi connectivity index (χ3n) is 2.99. The zero-order valence-corrected chi connectivity index (χ0v) is 10.1. The molecule has 0 saturated heterocycles. The molecule has 0 radical (unpaired) electrons. The molecule has 0 aromatic heterocycles. The monoisotopic (exact) mass is 234 g/mol. The Hall–Kier alpha value is -1.55. The Morgan fingerprint density at radius 1 is 1.41 bits per heavy atom. The van der Waals surface area contributed by atoms with Gasteiger partial charge in [-0.3, -0.25) is 9.69 Å². The van der Waals surface area contributed by atoms with E-state index in [0.717, 1.165) is 12.2 Å². The number of anilines is 1. The van der Waals surface area contributed by atoms with E-state index in [-0.39, 0.29) is 5.97 Å². The number of ether oxygens (including phenoxy) is 1. The van der Waals surface area contributed by atoms with E-state index in [9.17, 15) is 4.79 Å². The Kier molecular flexibility index (Phi) is 3.64.